The quantitative estimate of drug-likeness (QED) is 0.453. The zero-order valence-electron chi connectivity index (χ0n) is 16.3. The lowest BCUT2D eigenvalue weighted by atomic mass is 10.0. The van der Waals surface area contributed by atoms with Gasteiger partial charge < -0.3 is 20.3 Å². The molecule has 3 aromatic heterocycles. The number of halogens is 1. The van der Waals surface area contributed by atoms with Crippen molar-refractivity contribution in [3.05, 3.63) is 47.6 Å². The Labute approximate surface area is 178 Å². The molecule has 4 aromatic rings. The first-order chi connectivity index (χ1) is 14.7. The van der Waals surface area contributed by atoms with Gasteiger partial charge in [0.25, 0.3) is 0 Å². The number of rotatable bonds is 5. The Morgan fingerprint density at radius 2 is 2.20 bits per heavy atom. The van der Waals surface area contributed by atoms with Crippen LogP contribution in [-0.2, 0) is 6.42 Å². The molecule has 0 saturated carbocycles. The van der Waals surface area contributed by atoms with Gasteiger partial charge in [0.2, 0.25) is 0 Å². The van der Waals surface area contributed by atoms with Gasteiger partial charge in [-0.25, -0.2) is 15.0 Å². The van der Waals surface area contributed by atoms with Gasteiger partial charge >= 0.3 is 0 Å². The molecule has 1 atom stereocenters. The zero-order valence-corrected chi connectivity index (χ0v) is 17.1. The predicted octanol–water partition coefficient (Wildman–Crippen LogP) is 3.17. The maximum absolute atomic E-state index is 10.2. The summed E-state index contributed by atoms with van der Waals surface area (Å²) in [6.07, 6.45) is 7.10. The van der Waals surface area contributed by atoms with Crippen molar-refractivity contribution in [2.45, 2.75) is 25.4 Å². The Balaban J connectivity index is 1.47. The van der Waals surface area contributed by atoms with Crippen LogP contribution < -0.4 is 10.2 Å². The summed E-state index contributed by atoms with van der Waals surface area (Å²) in [5, 5.41) is 15.2. The number of imidazole rings is 1. The smallest absolute Gasteiger partial charge is 0.182 e. The second kappa shape index (κ2) is 8.04. The van der Waals surface area contributed by atoms with Crippen LogP contribution >= 0.6 is 11.6 Å². The molecule has 1 aliphatic heterocycles. The monoisotopic (exact) mass is 423 g/mol. The first-order valence-electron chi connectivity index (χ1n) is 10.1. The molecule has 0 bridgehead atoms. The second-order valence-corrected chi connectivity index (χ2v) is 7.92. The third kappa shape index (κ3) is 3.53. The van der Waals surface area contributed by atoms with Crippen LogP contribution in [0.1, 0.15) is 18.4 Å². The normalized spacial score (nSPS) is 17.0. The number of piperidine rings is 1. The van der Waals surface area contributed by atoms with Gasteiger partial charge in [-0.05, 0) is 43.0 Å². The predicted molar refractivity (Wildman–Crippen MR) is 118 cm³/mol. The highest BCUT2D eigenvalue weighted by molar-refractivity contribution is 6.36. The van der Waals surface area contributed by atoms with Crippen LogP contribution in [-0.4, -0.2) is 55.8 Å². The summed E-state index contributed by atoms with van der Waals surface area (Å²) < 4.78 is 0. The van der Waals surface area contributed by atoms with E-state index in [1.165, 1.54) is 6.33 Å². The molecular weight excluding hydrogens is 402 g/mol. The number of H-pyrrole nitrogens is 1. The number of aliphatic hydroxyl groups excluding tert-OH is 1. The molecule has 0 spiro atoms. The van der Waals surface area contributed by atoms with E-state index in [-0.39, 0.29) is 6.10 Å². The van der Waals surface area contributed by atoms with Crippen molar-refractivity contribution in [3.8, 4) is 0 Å². The van der Waals surface area contributed by atoms with Gasteiger partial charge in [0.15, 0.2) is 11.5 Å². The Bertz CT molecular complexity index is 1190. The molecule has 5 rings (SSSR count). The van der Waals surface area contributed by atoms with Crippen molar-refractivity contribution in [1.82, 2.24) is 24.9 Å². The van der Waals surface area contributed by atoms with Crippen molar-refractivity contribution in [2.24, 2.45) is 0 Å². The van der Waals surface area contributed by atoms with E-state index in [2.05, 4.69) is 35.1 Å². The molecule has 154 valence electrons. The molecule has 0 radical (unpaired) electrons. The van der Waals surface area contributed by atoms with Gasteiger partial charge in [0.05, 0.1) is 28.7 Å². The third-order valence-corrected chi connectivity index (χ3v) is 5.83. The van der Waals surface area contributed by atoms with Crippen molar-refractivity contribution in [2.75, 3.05) is 29.9 Å². The second-order valence-electron chi connectivity index (χ2n) is 7.51. The lowest BCUT2D eigenvalue weighted by Crippen LogP contribution is -2.39. The van der Waals surface area contributed by atoms with Crippen molar-refractivity contribution in [1.29, 1.82) is 0 Å². The van der Waals surface area contributed by atoms with Gasteiger partial charge in [-0.15, -0.1) is 0 Å². The molecule has 4 heterocycles. The van der Waals surface area contributed by atoms with Crippen LogP contribution in [0.25, 0.3) is 22.1 Å². The summed E-state index contributed by atoms with van der Waals surface area (Å²) in [5.41, 5.74) is 4.46. The molecule has 0 amide bonds. The Morgan fingerprint density at radius 3 is 3.10 bits per heavy atom. The molecule has 1 saturated heterocycles. The van der Waals surface area contributed by atoms with Gasteiger partial charge in [-0.3, -0.25) is 4.98 Å². The molecule has 8 nitrogen and oxygen atoms in total. The van der Waals surface area contributed by atoms with E-state index in [0.29, 0.717) is 23.8 Å². The maximum Gasteiger partial charge on any atom is 0.182 e. The number of anilines is 2. The number of aromatic amines is 1. The van der Waals surface area contributed by atoms with E-state index in [9.17, 15) is 5.11 Å². The lowest BCUT2D eigenvalue weighted by Gasteiger charge is -2.34. The van der Waals surface area contributed by atoms with Gasteiger partial charge in [0.1, 0.15) is 11.8 Å². The molecule has 30 heavy (non-hydrogen) atoms. The maximum atomic E-state index is 10.2. The van der Waals surface area contributed by atoms with E-state index in [1.807, 2.05) is 18.2 Å². The fourth-order valence-electron chi connectivity index (χ4n) is 4.15. The van der Waals surface area contributed by atoms with Crippen LogP contribution in [0.4, 0.5) is 11.5 Å². The highest BCUT2D eigenvalue weighted by Crippen LogP contribution is 2.36. The summed E-state index contributed by atoms with van der Waals surface area (Å²) in [7, 11) is 0. The average molecular weight is 424 g/mol. The van der Waals surface area contributed by atoms with E-state index >= 15 is 0 Å². The molecule has 1 fully saturated rings. The fraction of sp³-hybridized carbons (Fsp3) is 0.333. The first-order valence-corrected chi connectivity index (χ1v) is 10.5. The number of β-amino-alcohol motifs (C(OH)–C–C–N with tert-alkyl or cyclic N) is 1. The van der Waals surface area contributed by atoms with Gasteiger partial charge in [0, 0.05) is 31.2 Å². The molecule has 0 unspecified atom stereocenters. The minimum Gasteiger partial charge on any atom is -0.391 e. The highest BCUT2D eigenvalue weighted by atomic mass is 35.5. The topological polar surface area (TPSA) is 103 Å². The van der Waals surface area contributed by atoms with Crippen molar-refractivity contribution >= 4 is 45.2 Å². The molecule has 9 heteroatoms. The Hall–Kier alpha value is -2.97. The largest absolute Gasteiger partial charge is 0.391 e. The lowest BCUT2D eigenvalue weighted by molar-refractivity contribution is 0.154. The Kier molecular flexibility index (Phi) is 5.10. The minimum atomic E-state index is -0.325. The standard InChI is InChI=1S/C21H22ClN7O/c22-16-9-13(5-7-24-20-18-21(26-11-25-18)28-12-27-20)19(17-15(16)4-1-6-23-17)29-8-2-3-14(30)10-29/h1,4,6,9,11-12,14,30H,2-3,5,7-8,10H2,(H2,24,25,26,27,28)/t14-/m0/s1. The summed E-state index contributed by atoms with van der Waals surface area (Å²) in [6, 6.07) is 5.91. The van der Waals surface area contributed by atoms with Crippen molar-refractivity contribution in [3.63, 3.8) is 0 Å². The zero-order chi connectivity index (χ0) is 20.5. The van der Waals surface area contributed by atoms with E-state index < -0.39 is 0 Å². The summed E-state index contributed by atoms with van der Waals surface area (Å²) in [6.45, 7) is 2.16. The van der Waals surface area contributed by atoms with E-state index in [0.717, 1.165) is 59.3 Å². The number of nitrogens with zero attached hydrogens (tertiary/aromatic N) is 5. The van der Waals surface area contributed by atoms with Crippen LogP contribution in [0.3, 0.4) is 0 Å². The van der Waals surface area contributed by atoms with Gasteiger partial charge in [-0.1, -0.05) is 11.6 Å². The molecule has 0 aliphatic carbocycles. The number of hydrogen-bond donors (Lipinski definition) is 3. The minimum absolute atomic E-state index is 0.325. The summed E-state index contributed by atoms with van der Waals surface area (Å²) in [5.74, 6) is 0.720. The number of pyridine rings is 1. The fourth-order valence-corrected chi connectivity index (χ4v) is 4.44. The highest BCUT2D eigenvalue weighted by Gasteiger charge is 2.23. The van der Waals surface area contributed by atoms with E-state index in [1.54, 1.807) is 12.5 Å². The van der Waals surface area contributed by atoms with Crippen LogP contribution in [0.15, 0.2) is 37.1 Å². The average Bonchev–Trinajstić information content (AvgIpc) is 3.24. The summed E-state index contributed by atoms with van der Waals surface area (Å²) >= 11 is 6.60. The molecule has 1 aliphatic rings. The molecule has 1 aromatic carbocycles. The van der Waals surface area contributed by atoms with Crippen LogP contribution in [0.5, 0.6) is 0 Å². The van der Waals surface area contributed by atoms with Crippen molar-refractivity contribution < 1.29 is 5.11 Å². The SMILES string of the molecule is O[C@H]1CCCN(c2c(CCNc3ncnc4nc[nH]c34)cc(Cl)c3cccnc23)C1. The third-order valence-electron chi connectivity index (χ3n) is 5.52. The Morgan fingerprint density at radius 1 is 1.27 bits per heavy atom. The first kappa shape index (κ1) is 19.0. The van der Waals surface area contributed by atoms with Crippen LogP contribution in [0, 0.1) is 0 Å². The van der Waals surface area contributed by atoms with Gasteiger partial charge in [-0.2, -0.15) is 0 Å². The molecular formula is C21H22ClN7O. The molecule has 3 N–H and O–H groups in total. The number of benzene rings is 1. The number of aliphatic hydroxyl groups is 1. The van der Waals surface area contributed by atoms with Crippen LogP contribution in [0.2, 0.25) is 5.02 Å². The van der Waals surface area contributed by atoms with E-state index in [4.69, 9.17) is 11.6 Å². The number of aromatic nitrogens is 5. The number of hydrogen-bond acceptors (Lipinski definition) is 7. The number of nitrogens with one attached hydrogen (secondary N) is 2. The summed E-state index contributed by atoms with van der Waals surface area (Å²) in [4.78, 5) is 22.6. The number of fused-ring (bicyclic) bond motifs is 2.